The molecule has 0 fully saturated rings. The zero-order valence-corrected chi connectivity index (χ0v) is 9.95. The van der Waals surface area contributed by atoms with E-state index >= 15 is 0 Å². The van der Waals surface area contributed by atoms with E-state index in [1.165, 1.54) is 0 Å². The minimum atomic E-state index is -4.86. The molecule has 0 aliphatic carbocycles. The van der Waals surface area contributed by atoms with Gasteiger partial charge in [0.2, 0.25) is 27.2 Å². The van der Waals surface area contributed by atoms with E-state index < -0.39 is 41.4 Å². The third-order valence-electron chi connectivity index (χ3n) is 0.863. The molecule has 0 aliphatic rings. The van der Waals surface area contributed by atoms with E-state index in [9.17, 15) is 0 Å². The number of aliphatic hydroxyl groups is 4. The second-order valence-corrected chi connectivity index (χ2v) is 3.20. The number of hydrogen-bond donors (Lipinski definition) is 7. The van der Waals surface area contributed by atoms with Crippen LogP contribution in [0.5, 0.6) is 0 Å². The monoisotopic (exact) mass is 297 g/mol. The molecule has 18 heavy (non-hydrogen) atoms. The topological polar surface area (TPSA) is 202 Å². The number of hydrogen-bond acceptors (Lipinski definition) is 12. The molecule has 0 rings (SSSR count). The third kappa shape index (κ3) is 13.8. The zero-order valence-electron chi connectivity index (χ0n) is 8.95. The van der Waals surface area contributed by atoms with E-state index in [2.05, 4.69) is 19.4 Å². The highest BCUT2D eigenvalue weighted by atomic mass is 28.4. The summed E-state index contributed by atoms with van der Waals surface area (Å²) in [5, 5.41) is 31.8. The lowest BCUT2D eigenvalue weighted by molar-refractivity contribution is -1.48. The number of nitrogens with zero attached hydrogens (tertiary/aromatic N) is 1. The smallest absolute Gasteiger partial charge is 0.404 e. The molecule has 0 aromatic heterocycles. The highest BCUT2D eigenvalue weighted by Gasteiger charge is 2.38. The average molecular weight is 297 g/mol. The summed E-state index contributed by atoms with van der Waals surface area (Å²) in [7, 11) is -4.86. The average Bonchev–Trinajstić information content (AvgIpc) is 2.16. The molecule has 0 amide bonds. The predicted octanol–water partition coefficient (Wildman–Crippen LogP) is -5.91. The van der Waals surface area contributed by atoms with Gasteiger partial charge >= 0.3 is 9.05 Å². The number of quaternary nitrogens is 1. The van der Waals surface area contributed by atoms with Crippen molar-refractivity contribution in [2.45, 2.75) is 0 Å². The van der Waals surface area contributed by atoms with Crippen molar-refractivity contribution < 1.29 is 64.1 Å². The van der Waals surface area contributed by atoms with Crippen molar-refractivity contribution >= 4 is 9.05 Å². The summed E-state index contributed by atoms with van der Waals surface area (Å²) in [6, 6.07) is 0. The molecule has 0 heterocycles. The van der Waals surface area contributed by atoms with Gasteiger partial charge in [-0.05, 0) is 0 Å². The van der Waals surface area contributed by atoms with Crippen LogP contribution in [0, 0.1) is 0 Å². The van der Waals surface area contributed by atoms with E-state index in [-0.39, 0.29) is 0 Å². The van der Waals surface area contributed by atoms with Gasteiger partial charge in [0, 0.05) is 0 Å². The fourth-order valence-corrected chi connectivity index (χ4v) is 0.506. The minimum Gasteiger partial charge on any atom is -0.794 e. The first-order chi connectivity index (χ1) is 8.24. The predicted molar refractivity (Wildman–Crippen MR) is 45.4 cm³/mol. The van der Waals surface area contributed by atoms with Gasteiger partial charge in [0.15, 0.2) is 0 Å². The Bertz CT molecular complexity index is 150. The minimum absolute atomic E-state index is 0.875. The quantitative estimate of drug-likeness (QED) is 0.0968. The molecule has 7 N–H and O–H groups in total. The maximum atomic E-state index is 8.91. The fourth-order valence-electron chi connectivity index (χ4n) is 0.506. The largest absolute Gasteiger partial charge is 0.794 e. The Hall–Kier alpha value is -0.303. The lowest BCUT2D eigenvalue weighted by Crippen LogP contribution is -2.50. The van der Waals surface area contributed by atoms with Gasteiger partial charge in [-0.1, -0.05) is 19.4 Å². The number of rotatable bonds is 8. The van der Waals surface area contributed by atoms with Crippen LogP contribution in [0.1, 0.15) is 0 Å². The Morgan fingerprint density at radius 3 is 1.00 bits per heavy atom. The van der Waals surface area contributed by atoms with Gasteiger partial charge in [0.05, 0.1) is 0 Å². The van der Waals surface area contributed by atoms with Crippen LogP contribution in [-0.4, -0.2) is 76.2 Å². The highest BCUT2D eigenvalue weighted by molar-refractivity contribution is 6.44. The van der Waals surface area contributed by atoms with E-state index in [4.69, 9.17) is 39.6 Å². The Kier molecular flexibility index (Phi) is 11.8. The van der Waals surface area contributed by atoms with Crippen LogP contribution in [0.15, 0.2) is 0 Å². The third-order valence-corrected chi connectivity index (χ3v) is 0.863. The maximum absolute atomic E-state index is 8.91. The van der Waals surface area contributed by atoms with Crippen molar-refractivity contribution in [3.05, 3.63) is 0 Å². The molecule has 0 aliphatic heterocycles. The molecule has 0 aromatic carbocycles. The first kappa shape index (κ1) is 20.0. The summed E-state index contributed by atoms with van der Waals surface area (Å²) < 4.78 is 0. The van der Waals surface area contributed by atoms with Gasteiger partial charge in [-0.3, -0.25) is 0 Å². The first-order valence-electron chi connectivity index (χ1n) is 4.02. The Labute approximate surface area is 101 Å². The summed E-state index contributed by atoms with van der Waals surface area (Å²) in [5.74, 6) is 0. The Morgan fingerprint density at radius 2 is 0.889 bits per heavy atom. The first-order valence-corrected chi connectivity index (χ1v) is 5.77. The van der Waals surface area contributed by atoms with Crippen LogP contribution in [0.2, 0.25) is 0 Å². The van der Waals surface area contributed by atoms with Gasteiger partial charge in [0.25, 0.3) is 5.14 Å². The molecule has 14 heteroatoms. The molecule has 0 aromatic rings. The van der Waals surface area contributed by atoms with E-state index in [0.717, 1.165) is 0 Å². The second kappa shape index (κ2) is 10.6. The molecule has 0 saturated heterocycles. The zero-order chi connectivity index (χ0) is 14.7. The fraction of sp³-hybridized carbons (Fsp3) is 1.00. The van der Waals surface area contributed by atoms with Crippen LogP contribution in [0.25, 0.3) is 0 Å². The van der Waals surface area contributed by atoms with Crippen molar-refractivity contribution in [3.8, 4) is 0 Å². The molecule has 0 saturated carbocycles. The summed E-state index contributed by atoms with van der Waals surface area (Å²) >= 11 is 0. The highest BCUT2D eigenvalue weighted by Crippen LogP contribution is 2.11. The Balaban J connectivity index is 0. The molecular formula is C4H15NO12Si. The molecule has 13 nitrogen and oxygen atoms in total. The normalized spacial score (nSPS) is 12.0. The lowest BCUT2D eigenvalue weighted by Gasteiger charge is -2.21. The van der Waals surface area contributed by atoms with Crippen molar-refractivity contribution in [1.29, 1.82) is 0 Å². The van der Waals surface area contributed by atoms with Gasteiger partial charge in [-0.2, -0.15) is 0 Å². The van der Waals surface area contributed by atoms with E-state index in [1.54, 1.807) is 0 Å². The summed E-state index contributed by atoms with van der Waals surface area (Å²) in [6.07, 6.45) is 0. The summed E-state index contributed by atoms with van der Waals surface area (Å²) in [4.78, 5) is 47.7. The van der Waals surface area contributed by atoms with Crippen molar-refractivity contribution in [2.75, 3.05) is 27.2 Å². The van der Waals surface area contributed by atoms with E-state index in [0.29, 0.717) is 0 Å². The molecule has 0 unspecified atom stereocenters. The summed E-state index contributed by atoms with van der Waals surface area (Å²) in [6.45, 7) is -3.50. The maximum Gasteiger partial charge on any atom is 0.404 e. The standard InChI is InChI=1S/C4H12NO8.H3O4Si/c6-1-10-5(11-2-7,12-3-8)13-4-9;1-5(2,3)4/h6-9H,1-4H2;1-3H/q+1;-1. The molecule has 0 atom stereocenters. The van der Waals surface area contributed by atoms with Gasteiger partial charge in [-0.25, -0.2) is 0 Å². The van der Waals surface area contributed by atoms with Crippen LogP contribution >= 0.6 is 0 Å². The summed E-state index contributed by atoms with van der Waals surface area (Å²) in [5.41, 5.74) is 0. The molecule has 112 valence electrons. The lowest BCUT2D eigenvalue weighted by atomic mass is 11.5. The van der Waals surface area contributed by atoms with Crippen LogP contribution in [0.4, 0.5) is 0 Å². The van der Waals surface area contributed by atoms with Crippen LogP contribution in [-0.2, 0) is 19.4 Å². The van der Waals surface area contributed by atoms with Crippen molar-refractivity contribution in [1.82, 2.24) is 0 Å². The van der Waals surface area contributed by atoms with Gasteiger partial charge in [-0.15, -0.1) is 0 Å². The Morgan fingerprint density at radius 1 is 0.722 bits per heavy atom. The van der Waals surface area contributed by atoms with Gasteiger partial charge < -0.3 is 39.6 Å². The van der Waals surface area contributed by atoms with Gasteiger partial charge in [0.1, 0.15) is 0 Å². The molecule has 0 bridgehead atoms. The van der Waals surface area contributed by atoms with Crippen molar-refractivity contribution in [3.63, 3.8) is 0 Å². The SMILES string of the molecule is OCO[N+](OCO)(OCO)OCO.[O-][Si](O)(O)O. The van der Waals surface area contributed by atoms with Crippen LogP contribution < -0.4 is 4.80 Å². The van der Waals surface area contributed by atoms with Crippen molar-refractivity contribution in [2.24, 2.45) is 0 Å². The molecule has 0 spiro atoms. The second-order valence-electron chi connectivity index (χ2n) is 2.05. The van der Waals surface area contributed by atoms with Crippen LogP contribution in [0.3, 0.4) is 0 Å². The number of aliphatic hydroxyl groups excluding tert-OH is 4. The molecular weight excluding hydrogens is 282 g/mol. The van der Waals surface area contributed by atoms with E-state index in [1.807, 2.05) is 0 Å². The molecule has 0 radical (unpaired) electrons.